The van der Waals surface area contributed by atoms with E-state index in [0.29, 0.717) is 29.2 Å². The number of phenolic OH excluding ortho intramolecular Hbond substituents is 1. The molecular formula is C26H29FO3. The highest BCUT2D eigenvalue weighted by molar-refractivity contribution is 5.88. The van der Waals surface area contributed by atoms with Crippen LogP contribution in [0.4, 0.5) is 4.39 Å². The second kappa shape index (κ2) is 8.25. The topological polar surface area (TPSA) is 50.4 Å². The Morgan fingerprint density at radius 3 is 2.63 bits per heavy atom. The molecule has 3 nitrogen and oxygen atoms in total. The Kier molecular flexibility index (Phi) is 5.68. The minimum Gasteiger partial charge on any atom is -0.507 e. The van der Waals surface area contributed by atoms with Crippen LogP contribution < -0.4 is 5.63 Å². The fraction of sp³-hybridized carbons (Fsp3) is 0.423. The van der Waals surface area contributed by atoms with Crippen molar-refractivity contribution in [1.29, 1.82) is 0 Å². The Hall–Kier alpha value is -2.62. The zero-order valence-corrected chi connectivity index (χ0v) is 17.9. The number of phenols is 1. The number of aryl methyl sites for hydroxylation is 1. The zero-order chi connectivity index (χ0) is 21.4. The molecule has 1 aromatic heterocycles. The zero-order valence-electron chi connectivity index (χ0n) is 17.9. The number of aromatic hydroxyl groups is 1. The van der Waals surface area contributed by atoms with Gasteiger partial charge in [0.2, 0.25) is 0 Å². The van der Waals surface area contributed by atoms with Gasteiger partial charge in [-0.3, -0.25) is 0 Å². The Labute approximate surface area is 176 Å². The van der Waals surface area contributed by atoms with Crippen LogP contribution in [-0.2, 0) is 19.3 Å². The molecule has 1 heterocycles. The van der Waals surface area contributed by atoms with E-state index in [4.69, 9.17) is 4.42 Å². The van der Waals surface area contributed by atoms with Crippen molar-refractivity contribution < 1.29 is 13.9 Å². The third-order valence-electron chi connectivity index (χ3n) is 6.84. The van der Waals surface area contributed by atoms with E-state index in [-0.39, 0.29) is 23.1 Å². The van der Waals surface area contributed by atoms with E-state index < -0.39 is 0 Å². The van der Waals surface area contributed by atoms with Gasteiger partial charge in [-0.15, -0.1) is 0 Å². The van der Waals surface area contributed by atoms with Crippen LogP contribution in [0.25, 0.3) is 11.0 Å². The van der Waals surface area contributed by atoms with Gasteiger partial charge in [0.15, 0.2) is 0 Å². The first-order chi connectivity index (χ1) is 14.3. The molecule has 1 aliphatic rings. The summed E-state index contributed by atoms with van der Waals surface area (Å²) in [5.41, 5.74) is 3.99. The van der Waals surface area contributed by atoms with E-state index in [9.17, 15) is 14.3 Å². The van der Waals surface area contributed by atoms with Crippen LogP contribution in [0.3, 0.4) is 0 Å². The molecule has 158 valence electrons. The number of halogens is 1. The van der Waals surface area contributed by atoms with Gasteiger partial charge >= 0.3 is 5.63 Å². The van der Waals surface area contributed by atoms with Crippen molar-refractivity contribution in [2.75, 3.05) is 0 Å². The Balaban J connectivity index is 1.61. The molecule has 2 aromatic carbocycles. The largest absolute Gasteiger partial charge is 0.507 e. The standard InChI is InChI=1S/C26H29FO3/c1-15-4-11-21-22(12-15)25-23(28)13-19(14-24(25)30-26(21)29)17(3)16(2)5-6-18-7-9-20(27)10-8-18/h7-10,13-17,28H,4-6,11-12H2,1-3H3. The van der Waals surface area contributed by atoms with E-state index in [2.05, 4.69) is 20.8 Å². The predicted octanol–water partition coefficient (Wildman–Crippen LogP) is 6.13. The summed E-state index contributed by atoms with van der Waals surface area (Å²) in [6.45, 7) is 6.49. The average molecular weight is 409 g/mol. The van der Waals surface area contributed by atoms with Gasteiger partial charge < -0.3 is 9.52 Å². The van der Waals surface area contributed by atoms with Crippen LogP contribution in [-0.4, -0.2) is 5.11 Å². The Morgan fingerprint density at radius 1 is 1.17 bits per heavy atom. The maximum Gasteiger partial charge on any atom is 0.339 e. The molecule has 0 radical (unpaired) electrons. The van der Waals surface area contributed by atoms with Gasteiger partial charge in [0.05, 0.1) is 5.39 Å². The molecule has 3 unspecified atom stereocenters. The third-order valence-corrected chi connectivity index (χ3v) is 6.84. The van der Waals surface area contributed by atoms with Gasteiger partial charge in [-0.25, -0.2) is 9.18 Å². The highest BCUT2D eigenvalue weighted by atomic mass is 19.1. The maximum atomic E-state index is 13.1. The van der Waals surface area contributed by atoms with Crippen molar-refractivity contribution in [1.82, 2.24) is 0 Å². The monoisotopic (exact) mass is 408 g/mol. The Morgan fingerprint density at radius 2 is 1.90 bits per heavy atom. The minimum absolute atomic E-state index is 0.181. The smallest absolute Gasteiger partial charge is 0.339 e. The van der Waals surface area contributed by atoms with Crippen molar-refractivity contribution in [3.05, 3.63) is 74.9 Å². The van der Waals surface area contributed by atoms with E-state index in [1.54, 1.807) is 0 Å². The molecule has 0 saturated carbocycles. The second-order valence-electron chi connectivity index (χ2n) is 9.04. The summed E-state index contributed by atoms with van der Waals surface area (Å²) < 4.78 is 18.7. The third kappa shape index (κ3) is 4.00. The van der Waals surface area contributed by atoms with Crippen molar-refractivity contribution >= 4 is 11.0 Å². The lowest BCUT2D eigenvalue weighted by atomic mass is 9.82. The molecule has 3 atom stereocenters. The summed E-state index contributed by atoms with van der Waals surface area (Å²) in [6, 6.07) is 10.4. The van der Waals surface area contributed by atoms with Crippen LogP contribution >= 0.6 is 0 Å². The van der Waals surface area contributed by atoms with Gasteiger partial charge in [-0.05, 0) is 90.8 Å². The fourth-order valence-corrected chi connectivity index (χ4v) is 4.65. The van der Waals surface area contributed by atoms with E-state index in [0.717, 1.165) is 47.9 Å². The molecule has 1 aliphatic carbocycles. The lowest BCUT2D eigenvalue weighted by Crippen LogP contribution is -2.20. The van der Waals surface area contributed by atoms with Crippen LogP contribution in [0, 0.1) is 17.7 Å². The molecule has 3 aromatic rings. The van der Waals surface area contributed by atoms with Crippen LogP contribution in [0.1, 0.15) is 61.8 Å². The molecule has 1 N–H and O–H groups in total. The first-order valence-corrected chi connectivity index (χ1v) is 10.9. The summed E-state index contributed by atoms with van der Waals surface area (Å²) in [7, 11) is 0. The summed E-state index contributed by atoms with van der Waals surface area (Å²) in [6.07, 6.45) is 4.30. The first-order valence-electron chi connectivity index (χ1n) is 10.9. The summed E-state index contributed by atoms with van der Waals surface area (Å²) in [5.74, 6) is 1.00. The highest BCUT2D eigenvalue weighted by Crippen LogP contribution is 2.38. The number of benzene rings is 2. The average Bonchev–Trinajstić information content (AvgIpc) is 2.72. The maximum absolute atomic E-state index is 13.1. The molecule has 0 saturated heterocycles. The van der Waals surface area contributed by atoms with Gasteiger partial charge in [0, 0.05) is 5.56 Å². The van der Waals surface area contributed by atoms with Crippen molar-refractivity contribution in [3.8, 4) is 5.75 Å². The molecule has 0 spiro atoms. The van der Waals surface area contributed by atoms with Gasteiger partial charge in [-0.2, -0.15) is 0 Å². The molecular weight excluding hydrogens is 379 g/mol. The molecule has 0 amide bonds. The molecule has 0 bridgehead atoms. The van der Waals surface area contributed by atoms with Crippen molar-refractivity contribution in [2.24, 2.45) is 11.8 Å². The summed E-state index contributed by atoms with van der Waals surface area (Å²) in [4.78, 5) is 12.5. The normalized spacial score (nSPS) is 18.2. The second-order valence-corrected chi connectivity index (χ2v) is 9.04. The van der Waals surface area contributed by atoms with Crippen molar-refractivity contribution in [3.63, 3.8) is 0 Å². The van der Waals surface area contributed by atoms with Gasteiger partial charge in [0.25, 0.3) is 0 Å². The summed E-state index contributed by atoms with van der Waals surface area (Å²) in [5, 5.41) is 11.6. The number of hydrogen-bond donors (Lipinski definition) is 1. The highest BCUT2D eigenvalue weighted by Gasteiger charge is 2.25. The van der Waals surface area contributed by atoms with Crippen molar-refractivity contribution in [2.45, 2.75) is 58.8 Å². The fourth-order valence-electron chi connectivity index (χ4n) is 4.65. The Bertz CT molecular complexity index is 1110. The van der Waals surface area contributed by atoms with E-state index in [1.165, 1.54) is 12.1 Å². The lowest BCUT2D eigenvalue weighted by molar-refractivity contribution is 0.443. The first kappa shape index (κ1) is 20.6. The van der Waals surface area contributed by atoms with Crippen LogP contribution in [0.5, 0.6) is 5.75 Å². The molecule has 0 aliphatic heterocycles. The molecule has 30 heavy (non-hydrogen) atoms. The van der Waals surface area contributed by atoms with Gasteiger partial charge in [0.1, 0.15) is 17.1 Å². The lowest BCUT2D eigenvalue weighted by Gasteiger charge is -2.24. The van der Waals surface area contributed by atoms with E-state index in [1.807, 2.05) is 24.3 Å². The van der Waals surface area contributed by atoms with Gasteiger partial charge in [-0.1, -0.05) is 32.9 Å². The predicted molar refractivity (Wildman–Crippen MR) is 118 cm³/mol. The summed E-state index contributed by atoms with van der Waals surface area (Å²) >= 11 is 0. The molecule has 4 heteroatoms. The van der Waals surface area contributed by atoms with Crippen LogP contribution in [0.2, 0.25) is 0 Å². The van der Waals surface area contributed by atoms with Crippen LogP contribution in [0.15, 0.2) is 45.6 Å². The molecule has 0 fully saturated rings. The number of hydrogen-bond acceptors (Lipinski definition) is 3. The minimum atomic E-state index is -0.266. The molecule has 4 rings (SSSR count). The number of fused-ring (bicyclic) bond motifs is 3. The SMILES string of the molecule is CC1CCc2c(c3c(O)cc(C(C)C(C)CCc4ccc(F)cc4)cc3oc2=O)C1. The quantitative estimate of drug-likeness (QED) is 0.516. The van der Waals surface area contributed by atoms with E-state index >= 15 is 0 Å². The number of rotatable bonds is 5.